The van der Waals surface area contributed by atoms with Crippen molar-refractivity contribution in [1.82, 2.24) is 5.32 Å². The van der Waals surface area contributed by atoms with E-state index in [9.17, 15) is 5.11 Å². The normalized spacial score (nSPS) is 18.1. The zero-order chi connectivity index (χ0) is 9.97. The van der Waals surface area contributed by atoms with E-state index in [-0.39, 0.29) is 0 Å². The zero-order valence-electron chi connectivity index (χ0n) is 8.53. The van der Waals surface area contributed by atoms with Crippen molar-refractivity contribution < 1.29 is 5.11 Å². The fraction of sp³-hybridized carbons (Fsp3) is 0.500. The molecule has 1 fully saturated rings. The van der Waals surface area contributed by atoms with E-state index >= 15 is 0 Å². The molecule has 0 radical (unpaired) electrons. The Labute approximate surface area is 85.0 Å². The molecule has 76 valence electrons. The quantitative estimate of drug-likeness (QED) is 0.765. The highest BCUT2D eigenvalue weighted by Gasteiger charge is 2.27. The summed E-state index contributed by atoms with van der Waals surface area (Å²) in [6.07, 6.45) is 2.71. The van der Waals surface area contributed by atoms with Crippen molar-refractivity contribution in [3.8, 4) is 5.75 Å². The highest BCUT2D eigenvalue weighted by molar-refractivity contribution is 5.31. The standard InChI is InChI=1S/C12H17NO/c1-9(10-6-7-10)13-8-11-4-2-3-5-12(11)14/h2-5,9-10,13-14H,6-8H2,1H3. The van der Waals surface area contributed by atoms with Crippen LogP contribution in [0.25, 0.3) is 0 Å². The van der Waals surface area contributed by atoms with E-state index in [0.29, 0.717) is 11.8 Å². The third kappa shape index (κ3) is 2.26. The number of hydrogen-bond acceptors (Lipinski definition) is 2. The second kappa shape index (κ2) is 4.01. The van der Waals surface area contributed by atoms with Crippen LogP contribution in [0.15, 0.2) is 24.3 Å². The lowest BCUT2D eigenvalue weighted by Crippen LogP contribution is -2.27. The van der Waals surface area contributed by atoms with Crippen LogP contribution in [0, 0.1) is 5.92 Å². The van der Waals surface area contributed by atoms with E-state index in [1.54, 1.807) is 6.07 Å². The molecule has 0 saturated heterocycles. The van der Waals surface area contributed by atoms with Gasteiger partial charge in [0.1, 0.15) is 5.75 Å². The summed E-state index contributed by atoms with van der Waals surface area (Å²) in [6, 6.07) is 8.08. The smallest absolute Gasteiger partial charge is 0.120 e. The van der Waals surface area contributed by atoms with Crippen molar-refractivity contribution in [2.45, 2.75) is 32.4 Å². The first-order valence-corrected chi connectivity index (χ1v) is 5.27. The van der Waals surface area contributed by atoms with Crippen LogP contribution in [0.5, 0.6) is 5.75 Å². The molecule has 1 aromatic rings. The molecule has 1 unspecified atom stereocenters. The summed E-state index contributed by atoms with van der Waals surface area (Å²) in [5.41, 5.74) is 0.986. The number of aromatic hydroxyl groups is 1. The van der Waals surface area contributed by atoms with Gasteiger partial charge in [-0.15, -0.1) is 0 Å². The van der Waals surface area contributed by atoms with Crippen LogP contribution in [0.4, 0.5) is 0 Å². The Bertz CT molecular complexity index is 307. The summed E-state index contributed by atoms with van der Waals surface area (Å²) in [6.45, 7) is 2.99. The topological polar surface area (TPSA) is 32.3 Å². The molecule has 2 N–H and O–H groups in total. The van der Waals surface area contributed by atoms with Gasteiger partial charge in [-0.1, -0.05) is 18.2 Å². The molecule has 1 saturated carbocycles. The lowest BCUT2D eigenvalue weighted by atomic mass is 10.1. The van der Waals surface area contributed by atoms with Gasteiger partial charge in [0.05, 0.1) is 0 Å². The van der Waals surface area contributed by atoms with Crippen LogP contribution in [0.3, 0.4) is 0 Å². The second-order valence-electron chi connectivity index (χ2n) is 4.14. The van der Waals surface area contributed by atoms with E-state index < -0.39 is 0 Å². The minimum Gasteiger partial charge on any atom is -0.508 e. The third-order valence-electron chi connectivity index (χ3n) is 2.94. The minimum absolute atomic E-state index is 0.392. The molecule has 1 atom stereocenters. The van der Waals surface area contributed by atoms with Crippen LogP contribution in [0.1, 0.15) is 25.3 Å². The van der Waals surface area contributed by atoms with E-state index in [4.69, 9.17) is 0 Å². The highest BCUT2D eigenvalue weighted by atomic mass is 16.3. The maximum absolute atomic E-state index is 9.54. The lowest BCUT2D eigenvalue weighted by Gasteiger charge is -2.13. The number of nitrogens with one attached hydrogen (secondary N) is 1. The van der Waals surface area contributed by atoms with Crippen LogP contribution in [-0.2, 0) is 6.54 Å². The summed E-state index contributed by atoms with van der Waals surface area (Å²) < 4.78 is 0. The Balaban J connectivity index is 1.87. The van der Waals surface area contributed by atoms with Crippen LogP contribution >= 0.6 is 0 Å². The van der Waals surface area contributed by atoms with Gasteiger partial charge in [-0.2, -0.15) is 0 Å². The van der Waals surface area contributed by atoms with Gasteiger partial charge in [0.2, 0.25) is 0 Å². The molecule has 1 aromatic carbocycles. The van der Waals surface area contributed by atoms with Gasteiger partial charge in [-0.05, 0) is 31.7 Å². The zero-order valence-corrected chi connectivity index (χ0v) is 8.53. The summed E-state index contributed by atoms with van der Waals surface area (Å²) >= 11 is 0. The predicted molar refractivity (Wildman–Crippen MR) is 57.1 cm³/mol. The average Bonchev–Trinajstić information content (AvgIpc) is 2.99. The predicted octanol–water partition coefficient (Wildman–Crippen LogP) is 2.28. The SMILES string of the molecule is CC(NCc1ccccc1O)C1CC1. The van der Waals surface area contributed by atoms with E-state index in [0.717, 1.165) is 18.0 Å². The number of phenolic OH excluding ortho intramolecular Hbond substituents is 1. The summed E-state index contributed by atoms with van der Waals surface area (Å²) in [4.78, 5) is 0. The molecule has 2 rings (SSSR count). The number of hydrogen-bond donors (Lipinski definition) is 2. The number of rotatable bonds is 4. The largest absolute Gasteiger partial charge is 0.508 e. The molecule has 0 aromatic heterocycles. The molecular weight excluding hydrogens is 174 g/mol. The van der Waals surface area contributed by atoms with Crippen LogP contribution < -0.4 is 5.32 Å². The Kier molecular flexibility index (Phi) is 2.73. The summed E-state index contributed by atoms with van der Waals surface area (Å²) in [7, 11) is 0. The number of phenols is 1. The first-order valence-electron chi connectivity index (χ1n) is 5.27. The van der Waals surface area contributed by atoms with Gasteiger partial charge in [0.25, 0.3) is 0 Å². The van der Waals surface area contributed by atoms with Gasteiger partial charge in [-0.25, -0.2) is 0 Å². The minimum atomic E-state index is 0.392. The Morgan fingerprint density at radius 1 is 1.43 bits per heavy atom. The molecule has 0 bridgehead atoms. The van der Waals surface area contributed by atoms with Gasteiger partial charge in [0.15, 0.2) is 0 Å². The van der Waals surface area contributed by atoms with E-state index in [1.165, 1.54) is 12.8 Å². The fourth-order valence-corrected chi connectivity index (χ4v) is 1.69. The molecular formula is C12H17NO. The van der Waals surface area contributed by atoms with Gasteiger partial charge >= 0.3 is 0 Å². The maximum Gasteiger partial charge on any atom is 0.120 e. The highest BCUT2D eigenvalue weighted by Crippen LogP contribution is 2.32. The average molecular weight is 191 g/mol. The first-order chi connectivity index (χ1) is 6.77. The van der Waals surface area contributed by atoms with Crippen molar-refractivity contribution in [1.29, 1.82) is 0 Å². The van der Waals surface area contributed by atoms with Gasteiger partial charge in [0, 0.05) is 18.2 Å². The molecule has 0 heterocycles. The molecule has 2 heteroatoms. The van der Waals surface area contributed by atoms with Crippen molar-refractivity contribution in [3.05, 3.63) is 29.8 Å². The fourth-order valence-electron chi connectivity index (χ4n) is 1.69. The monoisotopic (exact) mass is 191 g/mol. The summed E-state index contributed by atoms with van der Waals surface area (Å²) in [5.74, 6) is 1.25. The van der Waals surface area contributed by atoms with Crippen LogP contribution in [0.2, 0.25) is 0 Å². The molecule has 14 heavy (non-hydrogen) atoms. The third-order valence-corrected chi connectivity index (χ3v) is 2.94. The molecule has 0 aliphatic heterocycles. The molecule has 2 nitrogen and oxygen atoms in total. The van der Waals surface area contributed by atoms with Crippen LogP contribution in [-0.4, -0.2) is 11.1 Å². The Morgan fingerprint density at radius 3 is 2.79 bits per heavy atom. The first kappa shape index (κ1) is 9.53. The number of benzene rings is 1. The van der Waals surface area contributed by atoms with Crippen molar-refractivity contribution in [3.63, 3.8) is 0 Å². The molecule has 0 spiro atoms. The summed E-state index contributed by atoms with van der Waals surface area (Å²) in [5, 5.41) is 13.0. The van der Waals surface area contributed by atoms with Crippen molar-refractivity contribution in [2.24, 2.45) is 5.92 Å². The molecule has 1 aliphatic rings. The Hall–Kier alpha value is -1.02. The lowest BCUT2D eigenvalue weighted by molar-refractivity contribution is 0.451. The van der Waals surface area contributed by atoms with E-state index in [2.05, 4.69) is 12.2 Å². The number of para-hydroxylation sites is 1. The van der Waals surface area contributed by atoms with Crippen molar-refractivity contribution >= 4 is 0 Å². The maximum atomic E-state index is 9.54. The molecule has 0 amide bonds. The molecule has 1 aliphatic carbocycles. The van der Waals surface area contributed by atoms with Crippen molar-refractivity contribution in [2.75, 3.05) is 0 Å². The second-order valence-corrected chi connectivity index (χ2v) is 4.14. The van der Waals surface area contributed by atoms with Gasteiger partial charge in [-0.3, -0.25) is 0 Å². The van der Waals surface area contributed by atoms with Gasteiger partial charge < -0.3 is 10.4 Å². The Morgan fingerprint density at radius 2 is 2.14 bits per heavy atom. The van der Waals surface area contributed by atoms with E-state index in [1.807, 2.05) is 18.2 Å².